The van der Waals surface area contributed by atoms with Crippen molar-refractivity contribution in [3.05, 3.63) is 42.1 Å². The van der Waals surface area contributed by atoms with E-state index in [4.69, 9.17) is 5.26 Å². The first kappa shape index (κ1) is 12.1. The Morgan fingerprint density at radius 2 is 2.00 bits per heavy atom. The maximum Gasteiger partial charge on any atom is 0.263 e. The van der Waals surface area contributed by atoms with E-state index in [1.54, 1.807) is 25.2 Å². The molecule has 0 saturated carbocycles. The van der Waals surface area contributed by atoms with E-state index in [1.165, 1.54) is 23.0 Å². The number of aryl methyl sites for hydroxylation is 1. The van der Waals surface area contributed by atoms with Gasteiger partial charge in [-0.3, -0.25) is 9.40 Å². The Morgan fingerprint density at radius 1 is 1.33 bits per heavy atom. The highest BCUT2D eigenvalue weighted by atomic mass is 32.2. The van der Waals surface area contributed by atoms with E-state index < -0.39 is 10.0 Å². The van der Waals surface area contributed by atoms with Crippen molar-refractivity contribution in [2.24, 2.45) is 7.05 Å². The van der Waals surface area contributed by atoms with Crippen LogP contribution in [-0.2, 0) is 17.1 Å². The molecule has 0 unspecified atom stereocenters. The smallest absolute Gasteiger partial charge is 0.262 e. The topological polar surface area (TPSA) is 87.8 Å². The van der Waals surface area contributed by atoms with Gasteiger partial charge in [0.15, 0.2) is 5.82 Å². The number of rotatable bonds is 3. The molecular weight excluding hydrogens is 252 g/mol. The molecule has 6 nitrogen and oxygen atoms in total. The monoisotopic (exact) mass is 262 g/mol. The Hall–Kier alpha value is -2.33. The highest BCUT2D eigenvalue weighted by Crippen LogP contribution is 2.18. The zero-order valence-electron chi connectivity index (χ0n) is 9.53. The number of aromatic nitrogens is 2. The van der Waals surface area contributed by atoms with Gasteiger partial charge in [-0.25, -0.2) is 8.42 Å². The summed E-state index contributed by atoms with van der Waals surface area (Å²) in [5.74, 6) is 0.154. The standard InChI is InChI=1S/C11H10N4O2S/c1-15-11(9(7-12)8-13-15)14-18(16,17)10-5-3-2-4-6-10/h2-6,8,14H,1H3. The van der Waals surface area contributed by atoms with Crippen LogP contribution in [-0.4, -0.2) is 18.2 Å². The quantitative estimate of drug-likeness (QED) is 0.896. The van der Waals surface area contributed by atoms with Gasteiger partial charge >= 0.3 is 0 Å². The third-order valence-electron chi connectivity index (χ3n) is 2.34. The minimum atomic E-state index is -3.70. The molecule has 92 valence electrons. The van der Waals surface area contributed by atoms with Gasteiger partial charge in [-0.1, -0.05) is 18.2 Å². The van der Waals surface area contributed by atoms with Gasteiger partial charge in [0.1, 0.15) is 11.6 Å². The number of anilines is 1. The van der Waals surface area contributed by atoms with Gasteiger partial charge in [-0.05, 0) is 12.1 Å². The number of hydrogen-bond acceptors (Lipinski definition) is 4. The first-order valence-electron chi connectivity index (χ1n) is 5.04. The lowest BCUT2D eigenvalue weighted by Gasteiger charge is -2.08. The maximum atomic E-state index is 12.1. The number of nitriles is 1. The minimum absolute atomic E-state index is 0.134. The Bertz CT molecular complexity index is 698. The molecule has 1 N–H and O–H groups in total. The zero-order valence-corrected chi connectivity index (χ0v) is 10.3. The summed E-state index contributed by atoms with van der Waals surface area (Å²) in [6.45, 7) is 0. The van der Waals surface area contributed by atoms with Crippen molar-refractivity contribution >= 4 is 15.8 Å². The Balaban J connectivity index is 2.41. The Labute approximate surface area is 105 Å². The molecule has 0 amide bonds. The summed E-state index contributed by atoms with van der Waals surface area (Å²) in [6, 6.07) is 9.82. The van der Waals surface area contributed by atoms with E-state index in [2.05, 4.69) is 9.82 Å². The predicted molar refractivity (Wildman–Crippen MR) is 65.2 cm³/mol. The second-order valence-corrected chi connectivity index (χ2v) is 5.24. The van der Waals surface area contributed by atoms with E-state index in [9.17, 15) is 8.42 Å². The normalized spacial score (nSPS) is 10.9. The fourth-order valence-corrected chi connectivity index (χ4v) is 2.56. The lowest BCUT2D eigenvalue weighted by molar-refractivity contribution is 0.600. The molecule has 0 aliphatic rings. The lowest BCUT2D eigenvalue weighted by Crippen LogP contribution is -2.16. The van der Waals surface area contributed by atoms with Gasteiger partial charge in [-0.15, -0.1) is 0 Å². The zero-order chi connectivity index (χ0) is 13.2. The van der Waals surface area contributed by atoms with Crippen molar-refractivity contribution < 1.29 is 8.42 Å². The van der Waals surface area contributed by atoms with Crippen molar-refractivity contribution in [1.82, 2.24) is 9.78 Å². The van der Waals surface area contributed by atoms with E-state index in [0.717, 1.165) is 0 Å². The van der Waals surface area contributed by atoms with Crippen LogP contribution in [0.4, 0.5) is 5.82 Å². The molecular formula is C11H10N4O2S. The van der Waals surface area contributed by atoms with Crippen LogP contribution in [0.2, 0.25) is 0 Å². The SMILES string of the molecule is Cn1ncc(C#N)c1NS(=O)(=O)c1ccccc1. The van der Waals surface area contributed by atoms with Crippen LogP contribution < -0.4 is 4.72 Å². The number of hydrogen-bond donors (Lipinski definition) is 1. The van der Waals surface area contributed by atoms with Crippen molar-refractivity contribution in [2.75, 3.05) is 4.72 Å². The molecule has 0 radical (unpaired) electrons. The van der Waals surface area contributed by atoms with Gasteiger partial charge in [0, 0.05) is 7.05 Å². The van der Waals surface area contributed by atoms with E-state index >= 15 is 0 Å². The van der Waals surface area contributed by atoms with Crippen LogP contribution in [0.25, 0.3) is 0 Å². The molecule has 2 aromatic rings. The minimum Gasteiger partial charge on any atom is -0.262 e. The van der Waals surface area contributed by atoms with E-state index in [1.807, 2.05) is 6.07 Å². The summed E-state index contributed by atoms with van der Waals surface area (Å²) in [7, 11) is -2.14. The summed E-state index contributed by atoms with van der Waals surface area (Å²) in [5.41, 5.74) is 0.178. The molecule has 7 heteroatoms. The second-order valence-electron chi connectivity index (χ2n) is 3.56. The third kappa shape index (κ3) is 2.19. The van der Waals surface area contributed by atoms with Gasteiger partial charge in [0.2, 0.25) is 0 Å². The average Bonchev–Trinajstić information content (AvgIpc) is 2.71. The summed E-state index contributed by atoms with van der Waals surface area (Å²) in [4.78, 5) is 0.134. The fourth-order valence-electron chi connectivity index (χ4n) is 1.43. The van der Waals surface area contributed by atoms with Gasteiger partial charge < -0.3 is 0 Å². The number of benzene rings is 1. The van der Waals surface area contributed by atoms with E-state index in [-0.39, 0.29) is 16.3 Å². The molecule has 0 aliphatic carbocycles. The average molecular weight is 262 g/mol. The van der Waals surface area contributed by atoms with Crippen molar-refractivity contribution in [3.8, 4) is 6.07 Å². The van der Waals surface area contributed by atoms with Gasteiger partial charge in [0.05, 0.1) is 11.1 Å². The molecule has 0 atom stereocenters. The van der Waals surface area contributed by atoms with Crippen LogP contribution in [0, 0.1) is 11.3 Å². The lowest BCUT2D eigenvalue weighted by atomic mass is 10.4. The molecule has 1 aromatic heterocycles. The fraction of sp³-hybridized carbons (Fsp3) is 0.0909. The van der Waals surface area contributed by atoms with Crippen LogP contribution in [0.1, 0.15) is 5.56 Å². The molecule has 1 aromatic carbocycles. The van der Waals surface area contributed by atoms with Crippen molar-refractivity contribution in [1.29, 1.82) is 5.26 Å². The highest BCUT2D eigenvalue weighted by molar-refractivity contribution is 7.92. The maximum absolute atomic E-state index is 12.1. The molecule has 0 spiro atoms. The first-order chi connectivity index (χ1) is 8.54. The second kappa shape index (κ2) is 4.50. The molecule has 2 rings (SSSR count). The van der Waals surface area contributed by atoms with E-state index in [0.29, 0.717) is 0 Å². The largest absolute Gasteiger partial charge is 0.263 e. The molecule has 18 heavy (non-hydrogen) atoms. The van der Waals surface area contributed by atoms with Crippen LogP contribution in [0.3, 0.4) is 0 Å². The molecule has 1 heterocycles. The molecule has 0 saturated heterocycles. The van der Waals surface area contributed by atoms with Crippen LogP contribution in [0.5, 0.6) is 0 Å². The Kier molecular flexibility index (Phi) is 3.04. The third-order valence-corrected chi connectivity index (χ3v) is 3.70. The van der Waals surface area contributed by atoms with Crippen LogP contribution in [0.15, 0.2) is 41.4 Å². The van der Waals surface area contributed by atoms with Crippen LogP contribution >= 0.6 is 0 Å². The molecule has 0 bridgehead atoms. The summed E-state index contributed by atoms with van der Waals surface area (Å²) in [5, 5.41) is 12.7. The first-order valence-corrected chi connectivity index (χ1v) is 6.53. The van der Waals surface area contributed by atoms with Crippen molar-refractivity contribution in [2.45, 2.75) is 4.90 Å². The summed E-state index contributed by atoms with van der Waals surface area (Å²) >= 11 is 0. The van der Waals surface area contributed by atoms with Gasteiger partial charge in [0.25, 0.3) is 10.0 Å². The predicted octanol–water partition coefficient (Wildman–Crippen LogP) is 1.09. The molecule has 0 fully saturated rings. The molecule has 0 aliphatic heterocycles. The number of sulfonamides is 1. The van der Waals surface area contributed by atoms with Gasteiger partial charge in [-0.2, -0.15) is 10.4 Å². The number of nitrogens with one attached hydrogen (secondary N) is 1. The van der Waals surface area contributed by atoms with Crippen molar-refractivity contribution in [3.63, 3.8) is 0 Å². The summed E-state index contributed by atoms with van der Waals surface area (Å²) < 4.78 is 27.8. The number of nitrogens with zero attached hydrogens (tertiary/aromatic N) is 3. The summed E-state index contributed by atoms with van der Waals surface area (Å²) in [6.07, 6.45) is 1.31. The highest BCUT2D eigenvalue weighted by Gasteiger charge is 2.18. The Morgan fingerprint density at radius 3 is 2.61 bits per heavy atom.